The zero-order valence-electron chi connectivity index (χ0n) is 12.2. The monoisotopic (exact) mass is 337 g/mol. The van der Waals surface area contributed by atoms with E-state index in [0.29, 0.717) is 26.1 Å². The van der Waals surface area contributed by atoms with E-state index in [-0.39, 0.29) is 0 Å². The third kappa shape index (κ3) is 3.73. The second-order valence-electron chi connectivity index (χ2n) is 5.27. The number of hydrogen-bond acceptors (Lipinski definition) is 4. The molecular formula is C15H19N3O2S2. The molecule has 1 aromatic carbocycles. The van der Waals surface area contributed by atoms with Crippen molar-refractivity contribution >= 4 is 21.5 Å². The summed E-state index contributed by atoms with van der Waals surface area (Å²) in [5.74, 6) is 0. The minimum atomic E-state index is -3.32. The van der Waals surface area contributed by atoms with Crippen molar-refractivity contribution in [3.05, 3.63) is 41.4 Å². The lowest BCUT2D eigenvalue weighted by Gasteiger charge is -2.15. The van der Waals surface area contributed by atoms with Crippen LogP contribution in [0.3, 0.4) is 0 Å². The molecular weight excluding hydrogens is 318 g/mol. The molecule has 0 aliphatic carbocycles. The first-order valence-corrected chi connectivity index (χ1v) is 9.72. The molecule has 1 saturated heterocycles. The zero-order valence-corrected chi connectivity index (χ0v) is 13.9. The second-order valence-corrected chi connectivity index (χ2v) is 7.88. The summed E-state index contributed by atoms with van der Waals surface area (Å²) in [6.07, 6.45) is 2.51. The number of nitrogens with zero attached hydrogens (tertiary/aromatic N) is 2. The largest absolute Gasteiger partial charge is 0.279 e. The number of benzene rings is 1. The molecule has 7 heteroatoms. The van der Waals surface area contributed by atoms with Crippen LogP contribution in [0.1, 0.15) is 18.5 Å². The topological polar surface area (TPSA) is 62.3 Å². The van der Waals surface area contributed by atoms with Crippen LogP contribution < -0.4 is 4.72 Å². The highest BCUT2D eigenvalue weighted by Gasteiger charge is 2.24. The van der Waals surface area contributed by atoms with E-state index in [1.807, 2.05) is 35.7 Å². The molecule has 0 atom stereocenters. The number of thiazole rings is 1. The molecule has 0 amide bonds. The summed E-state index contributed by atoms with van der Waals surface area (Å²) < 4.78 is 28.3. The molecule has 0 radical (unpaired) electrons. The molecule has 1 aliphatic heterocycles. The van der Waals surface area contributed by atoms with Crippen molar-refractivity contribution in [2.75, 3.05) is 19.6 Å². The molecule has 1 N–H and O–H groups in total. The molecule has 5 nitrogen and oxygen atoms in total. The van der Waals surface area contributed by atoms with Crippen LogP contribution in [0.4, 0.5) is 0 Å². The Morgan fingerprint density at radius 3 is 2.64 bits per heavy atom. The van der Waals surface area contributed by atoms with E-state index < -0.39 is 10.2 Å². The van der Waals surface area contributed by atoms with Crippen molar-refractivity contribution in [3.8, 4) is 10.6 Å². The maximum atomic E-state index is 12.0. The van der Waals surface area contributed by atoms with E-state index in [1.165, 1.54) is 4.31 Å². The van der Waals surface area contributed by atoms with E-state index in [9.17, 15) is 8.42 Å². The minimum absolute atomic E-state index is 0.386. The molecule has 0 bridgehead atoms. The van der Waals surface area contributed by atoms with E-state index in [0.717, 1.165) is 29.1 Å². The Morgan fingerprint density at radius 1 is 1.18 bits per heavy atom. The van der Waals surface area contributed by atoms with Crippen molar-refractivity contribution < 1.29 is 8.42 Å². The quantitative estimate of drug-likeness (QED) is 0.880. The SMILES string of the molecule is O=S(=O)(NCCc1csc(-c2ccccc2)n1)N1CCCC1. The van der Waals surface area contributed by atoms with Crippen LogP contribution in [-0.4, -0.2) is 37.3 Å². The number of aromatic nitrogens is 1. The maximum Gasteiger partial charge on any atom is 0.279 e. The summed E-state index contributed by atoms with van der Waals surface area (Å²) >= 11 is 1.59. The zero-order chi connectivity index (χ0) is 15.4. The Bertz CT molecular complexity index is 707. The highest BCUT2D eigenvalue weighted by molar-refractivity contribution is 7.87. The van der Waals surface area contributed by atoms with Gasteiger partial charge in [-0.05, 0) is 12.8 Å². The Labute approximate surface area is 135 Å². The normalized spacial score (nSPS) is 16.2. The van der Waals surface area contributed by atoms with Gasteiger partial charge in [0.15, 0.2) is 0 Å². The molecule has 0 saturated carbocycles. The van der Waals surface area contributed by atoms with Crippen LogP contribution in [0.25, 0.3) is 10.6 Å². The molecule has 0 spiro atoms. The molecule has 2 aromatic rings. The van der Waals surface area contributed by atoms with E-state index >= 15 is 0 Å². The first kappa shape index (κ1) is 15.6. The molecule has 22 heavy (non-hydrogen) atoms. The molecule has 1 aliphatic rings. The first-order chi connectivity index (χ1) is 10.6. The van der Waals surface area contributed by atoms with E-state index in [2.05, 4.69) is 9.71 Å². The van der Waals surface area contributed by atoms with Gasteiger partial charge in [-0.3, -0.25) is 0 Å². The number of rotatable bonds is 6. The fourth-order valence-electron chi connectivity index (χ4n) is 2.46. The summed E-state index contributed by atoms with van der Waals surface area (Å²) in [6, 6.07) is 10.0. The molecule has 2 heterocycles. The van der Waals surface area contributed by atoms with Crippen molar-refractivity contribution in [3.63, 3.8) is 0 Å². The Morgan fingerprint density at radius 2 is 1.91 bits per heavy atom. The lowest BCUT2D eigenvalue weighted by atomic mass is 10.2. The van der Waals surface area contributed by atoms with Gasteiger partial charge in [0.1, 0.15) is 5.01 Å². The van der Waals surface area contributed by atoms with Gasteiger partial charge in [-0.1, -0.05) is 30.3 Å². The van der Waals surface area contributed by atoms with Gasteiger partial charge in [-0.25, -0.2) is 9.71 Å². The van der Waals surface area contributed by atoms with Crippen molar-refractivity contribution in [2.24, 2.45) is 0 Å². The highest BCUT2D eigenvalue weighted by Crippen LogP contribution is 2.23. The molecule has 3 rings (SSSR count). The molecule has 1 fully saturated rings. The number of nitrogens with one attached hydrogen (secondary N) is 1. The molecule has 0 unspecified atom stereocenters. The van der Waals surface area contributed by atoms with Gasteiger partial charge >= 0.3 is 0 Å². The minimum Gasteiger partial charge on any atom is -0.241 e. The van der Waals surface area contributed by atoms with Gasteiger partial charge in [0.05, 0.1) is 5.69 Å². The third-order valence-electron chi connectivity index (χ3n) is 3.64. The standard InChI is InChI=1S/C15H19N3O2S2/c19-22(20,18-10-4-5-11-18)16-9-8-14-12-21-15(17-14)13-6-2-1-3-7-13/h1-3,6-7,12,16H,4-5,8-11H2. The van der Waals surface area contributed by atoms with Crippen LogP contribution in [-0.2, 0) is 16.6 Å². The lowest BCUT2D eigenvalue weighted by molar-refractivity contribution is 0.465. The summed E-state index contributed by atoms with van der Waals surface area (Å²) in [6.45, 7) is 1.64. The van der Waals surface area contributed by atoms with E-state index in [4.69, 9.17) is 0 Å². The summed E-state index contributed by atoms with van der Waals surface area (Å²) in [4.78, 5) is 4.57. The predicted molar refractivity (Wildman–Crippen MR) is 89.0 cm³/mol. The van der Waals surface area contributed by atoms with Crippen LogP contribution >= 0.6 is 11.3 Å². The van der Waals surface area contributed by atoms with Crippen molar-refractivity contribution in [1.29, 1.82) is 0 Å². The smallest absolute Gasteiger partial charge is 0.241 e. The van der Waals surface area contributed by atoms with Gasteiger partial charge in [-0.2, -0.15) is 12.7 Å². The molecule has 1 aromatic heterocycles. The summed E-state index contributed by atoms with van der Waals surface area (Å²) in [5.41, 5.74) is 2.02. The van der Waals surface area contributed by atoms with Gasteiger partial charge in [0.2, 0.25) is 0 Å². The fraction of sp³-hybridized carbons (Fsp3) is 0.400. The van der Waals surface area contributed by atoms with Crippen molar-refractivity contribution in [2.45, 2.75) is 19.3 Å². The first-order valence-electron chi connectivity index (χ1n) is 7.40. The van der Waals surface area contributed by atoms with Gasteiger partial charge in [0.25, 0.3) is 10.2 Å². The average Bonchev–Trinajstić information content (AvgIpc) is 3.20. The second kappa shape index (κ2) is 6.87. The van der Waals surface area contributed by atoms with Crippen molar-refractivity contribution in [1.82, 2.24) is 14.0 Å². The maximum absolute atomic E-state index is 12.0. The van der Waals surface area contributed by atoms with Gasteiger partial charge in [0, 0.05) is 37.0 Å². The lowest BCUT2D eigenvalue weighted by Crippen LogP contribution is -2.39. The van der Waals surface area contributed by atoms with E-state index in [1.54, 1.807) is 11.3 Å². The Balaban J connectivity index is 1.55. The van der Waals surface area contributed by atoms with Crippen LogP contribution in [0.5, 0.6) is 0 Å². The fourth-order valence-corrected chi connectivity index (χ4v) is 4.60. The van der Waals surface area contributed by atoms with Crippen LogP contribution in [0.15, 0.2) is 35.7 Å². The summed E-state index contributed by atoms with van der Waals surface area (Å²) in [7, 11) is -3.32. The highest BCUT2D eigenvalue weighted by atomic mass is 32.2. The van der Waals surface area contributed by atoms with Gasteiger partial charge < -0.3 is 0 Å². The van der Waals surface area contributed by atoms with Crippen LogP contribution in [0.2, 0.25) is 0 Å². The average molecular weight is 337 g/mol. The Kier molecular flexibility index (Phi) is 4.87. The Hall–Kier alpha value is -1.28. The number of hydrogen-bond donors (Lipinski definition) is 1. The third-order valence-corrected chi connectivity index (χ3v) is 6.20. The predicted octanol–water partition coefficient (Wildman–Crippen LogP) is 2.28. The van der Waals surface area contributed by atoms with Gasteiger partial charge in [-0.15, -0.1) is 11.3 Å². The van der Waals surface area contributed by atoms with Crippen LogP contribution in [0, 0.1) is 0 Å². The molecule has 118 valence electrons. The summed E-state index contributed by atoms with van der Waals surface area (Å²) in [5, 5.41) is 2.96.